The summed E-state index contributed by atoms with van der Waals surface area (Å²) in [6.07, 6.45) is 1.83. The van der Waals surface area contributed by atoms with Crippen LogP contribution in [0.15, 0.2) is 35.3 Å². The van der Waals surface area contributed by atoms with Crippen LogP contribution in [0.3, 0.4) is 0 Å². The molecule has 0 aliphatic heterocycles. The summed E-state index contributed by atoms with van der Waals surface area (Å²) in [5, 5.41) is 7.56. The number of carbonyl (C=O) groups excluding carboxylic acids is 2. The van der Waals surface area contributed by atoms with Crippen LogP contribution in [0.1, 0.15) is 13.3 Å². The van der Waals surface area contributed by atoms with Gasteiger partial charge < -0.3 is 11.1 Å². The lowest BCUT2D eigenvalue weighted by molar-refractivity contribution is -0.128. The van der Waals surface area contributed by atoms with Gasteiger partial charge in [-0.3, -0.25) is 14.4 Å². The third-order valence-electron chi connectivity index (χ3n) is 3.31. The first-order valence-corrected chi connectivity index (χ1v) is 7.61. The maximum atomic E-state index is 12.3. The van der Waals surface area contributed by atoms with Crippen LogP contribution in [0.2, 0.25) is 0 Å². The molecule has 2 aromatic rings. The minimum absolute atomic E-state index is 0.102. The molecular formula is C15H18N4O3S. The van der Waals surface area contributed by atoms with Gasteiger partial charge in [-0.1, -0.05) is 25.1 Å². The second kappa shape index (κ2) is 7.28. The summed E-state index contributed by atoms with van der Waals surface area (Å²) in [5.41, 5.74) is 4.89. The molecule has 8 heteroatoms. The number of primary amides is 1. The summed E-state index contributed by atoms with van der Waals surface area (Å²) in [7, 11) is 0. The van der Waals surface area contributed by atoms with Gasteiger partial charge >= 0.3 is 0 Å². The van der Waals surface area contributed by atoms with Gasteiger partial charge in [0.2, 0.25) is 11.8 Å². The van der Waals surface area contributed by atoms with E-state index in [1.54, 1.807) is 31.2 Å². The molecule has 2 amide bonds. The molecule has 3 N–H and O–H groups in total. The zero-order valence-electron chi connectivity index (χ0n) is 12.6. The second-order valence-electron chi connectivity index (χ2n) is 5.30. The van der Waals surface area contributed by atoms with Crippen molar-refractivity contribution in [1.82, 2.24) is 15.1 Å². The molecule has 0 spiro atoms. The van der Waals surface area contributed by atoms with E-state index in [1.165, 1.54) is 6.20 Å². The van der Waals surface area contributed by atoms with Crippen LogP contribution >= 0.6 is 12.6 Å². The Labute approximate surface area is 138 Å². The monoisotopic (exact) mass is 334 g/mol. The average Bonchev–Trinajstić information content (AvgIpc) is 2.49. The minimum atomic E-state index is -0.828. The highest BCUT2D eigenvalue weighted by Crippen LogP contribution is 2.06. The molecule has 0 aliphatic rings. The Morgan fingerprint density at radius 1 is 1.39 bits per heavy atom. The molecule has 2 rings (SSSR count). The van der Waals surface area contributed by atoms with Gasteiger partial charge in [-0.15, -0.1) is 0 Å². The number of benzene rings is 1. The van der Waals surface area contributed by atoms with Crippen molar-refractivity contribution in [3.8, 4) is 0 Å². The third kappa shape index (κ3) is 4.32. The predicted octanol–water partition coefficient (Wildman–Crippen LogP) is 0.0750. The highest BCUT2D eigenvalue weighted by Gasteiger charge is 2.20. The Bertz CT molecular complexity index is 788. The molecule has 1 heterocycles. The first kappa shape index (κ1) is 17.0. The number of hydrogen-bond donors (Lipinski definition) is 3. The van der Waals surface area contributed by atoms with Crippen molar-refractivity contribution in [2.45, 2.75) is 31.2 Å². The lowest BCUT2D eigenvalue weighted by atomic mass is 10.1. The summed E-state index contributed by atoms with van der Waals surface area (Å²) < 4.78 is 1.06. The van der Waals surface area contributed by atoms with Gasteiger partial charge in [0.05, 0.1) is 11.6 Å². The molecule has 23 heavy (non-hydrogen) atoms. The van der Waals surface area contributed by atoms with Crippen molar-refractivity contribution in [2.24, 2.45) is 5.73 Å². The fourth-order valence-electron chi connectivity index (χ4n) is 2.20. The van der Waals surface area contributed by atoms with Gasteiger partial charge in [-0.2, -0.15) is 17.7 Å². The van der Waals surface area contributed by atoms with Crippen LogP contribution in [-0.2, 0) is 16.1 Å². The van der Waals surface area contributed by atoms with Crippen LogP contribution < -0.4 is 16.6 Å². The van der Waals surface area contributed by atoms with E-state index in [1.807, 2.05) is 0 Å². The molecule has 7 nitrogen and oxygen atoms in total. The zero-order chi connectivity index (χ0) is 17.0. The Morgan fingerprint density at radius 2 is 2.09 bits per heavy atom. The zero-order valence-corrected chi connectivity index (χ0v) is 13.5. The van der Waals surface area contributed by atoms with E-state index in [4.69, 9.17) is 5.73 Å². The van der Waals surface area contributed by atoms with Crippen molar-refractivity contribution >= 4 is 35.2 Å². The number of amides is 2. The van der Waals surface area contributed by atoms with Crippen molar-refractivity contribution < 1.29 is 9.59 Å². The standard InChI is InChI=1S/C15H18N4O3S/c1-9(23)6-12(14(16)21)18-13(20)8-19-15(22)11-5-3-2-4-10(11)7-17-19/h2-5,7,9,12,23H,6,8H2,1H3,(H2,16,21)(H,18,20)/t9?,12-/m0/s1. The van der Waals surface area contributed by atoms with E-state index in [2.05, 4.69) is 23.0 Å². The first-order chi connectivity index (χ1) is 10.9. The number of fused-ring (bicyclic) bond motifs is 1. The molecule has 0 bridgehead atoms. The Balaban J connectivity index is 2.15. The minimum Gasteiger partial charge on any atom is -0.368 e. The molecule has 0 fully saturated rings. The Morgan fingerprint density at radius 3 is 2.74 bits per heavy atom. The summed E-state index contributed by atoms with van der Waals surface area (Å²) in [5.74, 6) is -1.15. The molecule has 122 valence electrons. The summed E-state index contributed by atoms with van der Waals surface area (Å²) in [6, 6.07) is 6.15. The van der Waals surface area contributed by atoms with Gasteiger partial charge in [0.15, 0.2) is 0 Å². The summed E-state index contributed by atoms with van der Waals surface area (Å²) >= 11 is 4.18. The molecule has 0 saturated heterocycles. The van der Waals surface area contributed by atoms with Crippen molar-refractivity contribution in [3.63, 3.8) is 0 Å². The maximum Gasteiger partial charge on any atom is 0.275 e. The quantitative estimate of drug-likeness (QED) is 0.650. The van der Waals surface area contributed by atoms with Crippen LogP contribution in [0.25, 0.3) is 10.8 Å². The molecule has 1 unspecified atom stereocenters. The Kier molecular flexibility index (Phi) is 5.38. The van der Waals surface area contributed by atoms with E-state index >= 15 is 0 Å². The van der Waals surface area contributed by atoms with Crippen LogP contribution in [0.5, 0.6) is 0 Å². The van der Waals surface area contributed by atoms with Gasteiger partial charge in [-0.05, 0) is 12.5 Å². The van der Waals surface area contributed by atoms with E-state index in [0.717, 1.165) is 4.68 Å². The number of aromatic nitrogens is 2. The van der Waals surface area contributed by atoms with E-state index in [0.29, 0.717) is 17.2 Å². The number of hydrogen-bond acceptors (Lipinski definition) is 5. The van der Waals surface area contributed by atoms with Gasteiger partial charge in [0, 0.05) is 10.6 Å². The highest BCUT2D eigenvalue weighted by molar-refractivity contribution is 7.80. The van der Waals surface area contributed by atoms with E-state index in [-0.39, 0.29) is 17.4 Å². The number of nitrogens with zero attached hydrogens (tertiary/aromatic N) is 2. The van der Waals surface area contributed by atoms with E-state index in [9.17, 15) is 14.4 Å². The number of rotatable bonds is 6. The van der Waals surface area contributed by atoms with Crippen LogP contribution in [0.4, 0.5) is 0 Å². The summed E-state index contributed by atoms with van der Waals surface area (Å²) in [6.45, 7) is 1.51. The topological polar surface area (TPSA) is 107 Å². The van der Waals surface area contributed by atoms with Gasteiger partial charge in [-0.25, -0.2) is 4.68 Å². The molecule has 1 aromatic heterocycles. The smallest absolute Gasteiger partial charge is 0.275 e. The van der Waals surface area contributed by atoms with E-state index < -0.39 is 17.9 Å². The van der Waals surface area contributed by atoms with Crippen molar-refractivity contribution in [2.75, 3.05) is 0 Å². The second-order valence-corrected chi connectivity index (χ2v) is 6.18. The van der Waals surface area contributed by atoms with Gasteiger partial charge in [0.1, 0.15) is 12.6 Å². The molecule has 0 aliphatic carbocycles. The van der Waals surface area contributed by atoms with Crippen molar-refractivity contribution in [3.05, 3.63) is 40.8 Å². The third-order valence-corrected chi connectivity index (χ3v) is 3.52. The highest BCUT2D eigenvalue weighted by atomic mass is 32.1. The number of nitrogens with two attached hydrogens (primary N) is 1. The summed E-state index contributed by atoms with van der Waals surface area (Å²) in [4.78, 5) is 35.7. The SMILES string of the molecule is CC(S)C[C@H](NC(=O)Cn1ncc2ccccc2c1=O)C(N)=O. The fraction of sp³-hybridized carbons (Fsp3) is 0.333. The maximum absolute atomic E-state index is 12.3. The Hall–Kier alpha value is -2.35. The van der Waals surface area contributed by atoms with Crippen molar-refractivity contribution in [1.29, 1.82) is 0 Å². The molecule has 0 saturated carbocycles. The predicted molar refractivity (Wildman–Crippen MR) is 90.2 cm³/mol. The average molecular weight is 334 g/mol. The first-order valence-electron chi connectivity index (χ1n) is 7.10. The molecular weight excluding hydrogens is 316 g/mol. The number of nitrogens with one attached hydrogen (secondary N) is 1. The number of thiol groups is 1. The van der Waals surface area contributed by atoms with Gasteiger partial charge in [0.25, 0.3) is 5.56 Å². The van der Waals surface area contributed by atoms with Crippen LogP contribution in [0, 0.1) is 0 Å². The number of carbonyl (C=O) groups is 2. The normalized spacial score (nSPS) is 13.5. The largest absolute Gasteiger partial charge is 0.368 e. The lowest BCUT2D eigenvalue weighted by Crippen LogP contribution is -2.47. The molecule has 0 radical (unpaired) electrons. The molecule has 2 atom stereocenters. The lowest BCUT2D eigenvalue weighted by Gasteiger charge is -2.17. The van der Waals surface area contributed by atoms with Crippen LogP contribution in [-0.4, -0.2) is 32.9 Å². The fourth-order valence-corrected chi connectivity index (χ4v) is 2.41. The molecule has 1 aromatic carbocycles.